The van der Waals surface area contributed by atoms with Crippen LogP contribution in [0.15, 0.2) is 28.8 Å². The van der Waals surface area contributed by atoms with E-state index in [4.69, 9.17) is 19.7 Å². The summed E-state index contributed by atoms with van der Waals surface area (Å²) in [5.41, 5.74) is 6.32. The summed E-state index contributed by atoms with van der Waals surface area (Å²) in [5.74, 6) is 2.34. The number of hydrogen-bond donors (Lipinski definition) is 1. The van der Waals surface area contributed by atoms with E-state index in [9.17, 15) is 0 Å². The van der Waals surface area contributed by atoms with Crippen molar-refractivity contribution in [1.82, 2.24) is 5.16 Å². The molecule has 16 heavy (non-hydrogen) atoms. The Kier molecular flexibility index (Phi) is 1.96. The Morgan fingerprint density at radius 3 is 2.88 bits per heavy atom. The van der Waals surface area contributed by atoms with Crippen molar-refractivity contribution >= 4 is 5.82 Å². The fourth-order valence-corrected chi connectivity index (χ4v) is 1.68. The van der Waals surface area contributed by atoms with Gasteiger partial charge in [0.15, 0.2) is 23.1 Å². The average Bonchev–Trinajstić information content (AvgIpc) is 2.75. The predicted octanol–water partition coefficient (Wildman–Crippen LogP) is 1.69. The standard InChI is InChI=1S/C11H10N2O3/c12-10-6-9(16-13-10)7-2-1-3-8-11(7)15-5-4-14-8/h1-3,6H,4-5H2,(H2,12,13). The molecule has 5 heteroatoms. The van der Waals surface area contributed by atoms with Crippen LogP contribution >= 0.6 is 0 Å². The highest BCUT2D eigenvalue weighted by Crippen LogP contribution is 2.39. The Morgan fingerprint density at radius 2 is 2.06 bits per heavy atom. The van der Waals surface area contributed by atoms with Gasteiger partial charge in [0.2, 0.25) is 0 Å². The summed E-state index contributed by atoms with van der Waals surface area (Å²) >= 11 is 0. The number of para-hydroxylation sites is 1. The maximum Gasteiger partial charge on any atom is 0.172 e. The van der Waals surface area contributed by atoms with Crippen molar-refractivity contribution in [3.05, 3.63) is 24.3 Å². The lowest BCUT2D eigenvalue weighted by Gasteiger charge is -2.19. The molecule has 1 aliphatic rings. The van der Waals surface area contributed by atoms with Crippen molar-refractivity contribution in [2.75, 3.05) is 18.9 Å². The van der Waals surface area contributed by atoms with Gasteiger partial charge in [0, 0.05) is 6.07 Å². The lowest BCUT2D eigenvalue weighted by atomic mass is 10.1. The highest BCUT2D eigenvalue weighted by atomic mass is 16.6. The molecule has 5 nitrogen and oxygen atoms in total. The Hall–Kier alpha value is -2.17. The number of nitrogens with two attached hydrogens (primary N) is 1. The predicted molar refractivity (Wildman–Crippen MR) is 57.3 cm³/mol. The second kappa shape index (κ2) is 3.44. The van der Waals surface area contributed by atoms with E-state index in [1.807, 2.05) is 18.2 Å². The number of aromatic nitrogens is 1. The molecule has 0 amide bonds. The van der Waals surface area contributed by atoms with E-state index in [2.05, 4.69) is 5.16 Å². The first kappa shape index (κ1) is 9.08. The van der Waals surface area contributed by atoms with Crippen LogP contribution in [0.5, 0.6) is 11.5 Å². The van der Waals surface area contributed by atoms with Crippen LogP contribution in [-0.2, 0) is 0 Å². The van der Waals surface area contributed by atoms with E-state index >= 15 is 0 Å². The minimum atomic E-state index is 0.351. The summed E-state index contributed by atoms with van der Waals surface area (Å²) in [6.45, 7) is 1.10. The third-order valence-corrected chi connectivity index (χ3v) is 2.36. The number of nitrogen functional groups attached to an aromatic ring is 1. The Balaban J connectivity index is 2.13. The second-order valence-corrected chi connectivity index (χ2v) is 3.45. The van der Waals surface area contributed by atoms with Gasteiger partial charge in [-0.25, -0.2) is 0 Å². The molecular formula is C11H10N2O3. The van der Waals surface area contributed by atoms with E-state index in [0.29, 0.717) is 30.5 Å². The molecule has 0 bridgehead atoms. The van der Waals surface area contributed by atoms with Crippen LogP contribution in [0.3, 0.4) is 0 Å². The van der Waals surface area contributed by atoms with Crippen LogP contribution in [0, 0.1) is 0 Å². The number of anilines is 1. The van der Waals surface area contributed by atoms with Crippen LogP contribution < -0.4 is 15.2 Å². The first-order chi connectivity index (χ1) is 7.84. The van der Waals surface area contributed by atoms with Crippen molar-refractivity contribution in [3.8, 4) is 22.8 Å². The summed E-state index contributed by atoms with van der Waals surface area (Å²) in [6.07, 6.45) is 0. The van der Waals surface area contributed by atoms with E-state index in [1.165, 1.54) is 0 Å². The smallest absolute Gasteiger partial charge is 0.172 e. The third-order valence-electron chi connectivity index (χ3n) is 2.36. The second-order valence-electron chi connectivity index (χ2n) is 3.45. The van der Waals surface area contributed by atoms with Gasteiger partial charge in [0.1, 0.15) is 13.2 Å². The molecule has 1 aromatic heterocycles. The van der Waals surface area contributed by atoms with Gasteiger partial charge >= 0.3 is 0 Å². The van der Waals surface area contributed by atoms with Crippen molar-refractivity contribution in [3.63, 3.8) is 0 Å². The van der Waals surface area contributed by atoms with Gasteiger partial charge in [-0.15, -0.1) is 0 Å². The number of nitrogens with zero attached hydrogens (tertiary/aromatic N) is 1. The van der Waals surface area contributed by atoms with Crippen molar-refractivity contribution < 1.29 is 14.0 Å². The monoisotopic (exact) mass is 218 g/mol. The third kappa shape index (κ3) is 1.37. The van der Waals surface area contributed by atoms with Crippen LogP contribution in [0.25, 0.3) is 11.3 Å². The van der Waals surface area contributed by atoms with Gasteiger partial charge in [0.05, 0.1) is 5.56 Å². The molecular weight excluding hydrogens is 208 g/mol. The molecule has 2 heterocycles. The van der Waals surface area contributed by atoms with Gasteiger partial charge in [-0.2, -0.15) is 0 Å². The van der Waals surface area contributed by atoms with Gasteiger partial charge in [-0.1, -0.05) is 11.2 Å². The Labute approximate surface area is 91.7 Å². The highest BCUT2D eigenvalue weighted by Gasteiger charge is 2.19. The number of fused-ring (bicyclic) bond motifs is 1. The first-order valence-corrected chi connectivity index (χ1v) is 4.96. The maximum absolute atomic E-state index is 5.56. The van der Waals surface area contributed by atoms with Crippen LogP contribution in [0.4, 0.5) is 5.82 Å². The minimum Gasteiger partial charge on any atom is -0.486 e. The molecule has 2 N–H and O–H groups in total. The van der Waals surface area contributed by atoms with E-state index in [0.717, 1.165) is 11.3 Å². The molecule has 0 unspecified atom stereocenters. The summed E-state index contributed by atoms with van der Waals surface area (Å²) in [4.78, 5) is 0. The molecule has 0 aliphatic carbocycles. The molecule has 0 saturated heterocycles. The molecule has 1 aliphatic heterocycles. The fraction of sp³-hybridized carbons (Fsp3) is 0.182. The van der Waals surface area contributed by atoms with Crippen molar-refractivity contribution in [1.29, 1.82) is 0 Å². The zero-order chi connectivity index (χ0) is 11.0. The van der Waals surface area contributed by atoms with Gasteiger partial charge in [-0.3, -0.25) is 0 Å². The number of rotatable bonds is 1. The Morgan fingerprint density at radius 1 is 1.19 bits per heavy atom. The van der Waals surface area contributed by atoms with Crippen molar-refractivity contribution in [2.24, 2.45) is 0 Å². The van der Waals surface area contributed by atoms with E-state index < -0.39 is 0 Å². The summed E-state index contributed by atoms with van der Waals surface area (Å²) in [7, 11) is 0. The maximum atomic E-state index is 5.56. The van der Waals surface area contributed by atoms with E-state index in [1.54, 1.807) is 6.07 Å². The van der Waals surface area contributed by atoms with Gasteiger partial charge in [0.25, 0.3) is 0 Å². The fourth-order valence-electron chi connectivity index (χ4n) is 1.68. The van der Waals surface area contributed by atoms with Crippen LogP contribution in [0.1, 0.15) is 0 Å². The zero-order valence-corrected chi connectivity index (χ0v) is 8.47. The largest absolute Gasteiger partial charge is 0.486 e. The Bertz CT molecular complexity index is 522. The lowest BCUT2D eigenvalue weighted by Crippen LogP contribution is -2.15. The quantitative estimate of drug-likeness (QED) is 0.788. The van der Waals surface area contributed by atoms with Crippen LogP contribution in [0.2, 0.25) is 0 Å². The van der Waals surface area contributed by atoms with Crippen LogP contribution in [-0.4, -0.2) is 18.4 Å². The SMILES string of the molecule is Nc1cc(-c2cccc3c2OCCO3)on1. The zero-order valence-electron chi connectivity index (χ0n) is 8.47. The molecule has 0 atom stereocenters. The van der Waals surface area contributed by atoms with E-state index in [-0.39, 0.29) is 0 Å². The van der Waals surface area contributed by atoms with Crippen molar-refractivity contribution in [2.45, 2.75) is 0 Å². The summed E-state index contributed by atoms with van der Waals surface area (Å²) in [6, 6.07) is 7.28. The highest BCUT2D eigenvalue weighted by molar-refractivity contribution is 5.71. The summed E-state index contributed by atoms with van der Waals surface area (Å²) < 4.78 is 16.1. The van der Waals surface area contributed by atoms with Gasteiger partial charge < -0.3 is 19.7 Å². The number of hydrogen-bond acceptors (Lipinski definition) is 5. The van der Waals surface area contributed by atoms with Gasteiger partial charge in [-0.05, 0) is 12.1 Å². The molecule has 1 aromatic carbocycles. The lowest BCUT2D eigenvalue weighted by molar-refractivity contribution is 0.172. The molecule has 2 aromatic rings. The number of benzene rings is 1. The molecule has 3 rings (SSSR count). The number of ether oxygens (including phenoxy) is 2. The first-order valence-electron chi connectivity index (χ1n) is 4.96. The minimum absolute atomic E-state index is 0.351. The molecule has 0 spiro atoms. The molecule has 0 fully saturated rings. The topological polar surface area (TPSA) is 70.5 Å². The normalized spacial score (nSPS) is 13.8. The molecule has 82 valence electrons. The summed E-state index contributed by atoms with van der Waals surface area (Å²) in [5, 5.41) is 3.65. The molecule has 0 radical (unpaired) electrons. The average molecular weight is 218 g/mol. The molecule has 0 saturated carbocycles.